The average molecular weight is 432 g/mol. The number of aliphatic hydroxyl groups is 2. The molecule has 1 aromatic heterocycles. The van der Waals surface area contributed by atoms with E-state index in [-0.39, 0.29) is 36.5 Å². The Labute approximate surface area is 178 Å². The Morgan fingerprint density at radius 1 is 1.20 bits per heavy atom. The predicted molar refractivity (Wildman–Crippen MR) is 115 cm³/mol. The normalized spacial score (nSPS) is 13.1. The molecular formula is C22H23ClFN3O3. The van der Waals surface area contributed by atoms with Crippen LogP contribution in [-0.2, 0) is 0 Å². The van der Waals surface area contributed by atoms with Crippen LogP contribution in [0.2, 0.25) is 5.02 Å². The summed E-state index contributed by atoms with van der Waals surface area (Å²) in [5.74, 6) is -0.258. The number of anilines is 1. The van der Waals surface area contributed by atoms with Crippen molar-refractivity contribution in [3.05, 3.63) is 70.6 Å². The molecule has 4 N–H and O–H groups in total. The number of amides is 1. The lowest BCUT2D eigenvalue weighted by atomic mass is 10.1. The number of carbonyl (C=O) groups excluding carboxylic acids is 1. The molecule has 0 bridgehead atoms. The summed E-state index contributed by atoms with van der Waals surface area (Å²) >= 11 is 5.65. The fourth-order valence-electron chi connectivity index (χ4n) is 2.97. The largest absolute Gasteiger partial charge is 0.394 e. The first-order valence-electron chi connectivity index (χ1n) is 9.56. The third kappa shape index (κ3) is 5.44. The number of pyridine rings is 1. The van der Waals surface area contributed by atoms with Crippen LogP contribution >= 0.6 is 11.6 Å². The summed E-state index contributed by atoms with van der Waals surface area (Å²) in [7, 11) is 0. The number of hydrogen-bond donors (Lipinski definition) is 4. The third-order valence-electron chi connectivity index (χ3n) is 4.68. The van der Waals surface area contributed by atoms with Crippen molar-refractivity contribution < 1.29 is 19.4 Å². The minimum atomic E-state index is -0.915. The topological polar surface area (TPSA) is 94.5 Å². The van der Waals surface area contributed by atoms with E-state index in [0.717, 1.165) is 10.8 Å². The van der Waals surface area contributed by atoms with Crippen molar-refractivity contribution in [1.29, 1.82) is 0 Å². The standard InChI is InChI=1S/C22H23ClFN3O3/c1-13(12-28)27-21-10-17-8-15(2-3-16(17)11-26-21)22(30)25-7-6-20(29)14-4-5-18(23)19(24)9-14/h2-5,8-11,13,20,28-29H,6-7,12H2,1H3,(H,25,30)(H,26,27)/t13-,20+/m0/s1. The zero-order valence-corrected chi connectivity index (χ0v) is 17.2. The van der Waals surface area contributed by atoms with Crippen LogP contribution in [0.15, 0.2) is 48.7 Å². The van der Waals surface area contributed by atoms with Crippen molar-refractivity contribution in [3.8, 4) is 0 Å². The number of aliphatic hydroxyl groups excluding tert-OH is 2. The summed E-state index contributed by atoms with van der Waals surface area (Å²) in [5.41, 5.74) is 0.878. The minimum absolute atomic E-state index is 0.00469. The van der Waals surface area contributed by atoms with E-state index in [1.807, 2.05) is 19.1 Å². The number of hydrogen-bond acceptors (Lipinski definition) is 5. The first-order chi connectivity index (χ1) is 14.4. The van der Waals surface area contributed by atoms with E-state index in [4.69, 9.17) is 16.7 Å². The van der Waals surface area contributed by atoms with Gasteiger partial charge in [0.2, 0.25) is 0 Å². The molecule has 1 amide bonds. The molecule has 0 unspecified atom stereocenters. The van der Waals surface area contributed by atoms with Gasteiger partial charge in [0, 0.05) is 29.7 Å². The van der Waals surface area contributed by atoms with Gasteiger partial charge in [-0.15, -0.1) is 0 Å². The first-order valence-corrected chi connectivity index (χ1v) is 9.93. The molecule has 0 saturated carbocycles. The van der Waals surface area contributed by atoms with Crippen LogP contribution in [0.3, 0.4) is 0 Å². The van der Waals surface area contributed by atoms with Gasteiger partial charge in [-0.3, -0.25) is 4.79 Å². The van der Waals surface area contributed by atoms with Crippen molar-refractivity contribution in [3.63, 3.8) is 0 Å². The lowest BCUT2D eigenvalue weighted by Crippen LogP contribution is -2.25. The van der Waals surface area contributed by atoms with Gasteiger partial charge < -0.3 is 20.8 Å². The summed E-state index contributed by atoms with van der Waals surface area (Å²) in [6, 6.07) is 11.1. The summed E-state index contributed by atoms with van der Waals surface area (Å²) in [6.07, 6.45) is 1.02. The third-order valence-corrected chi connectivity index (χ3v) is 4.99. The highest BCUT2D eigenvalue weighted by Gasteiger charge is 2.12. The van der Waals surface area contributed by atoms with Gasteiger partial charge >= 0.3 is 0 Å². The summed E-state index contributed by atoms with van der Waals surface area (Å²) < 4.78 is 13.5. The quantitative estimate of drug-likeness (QED) is 0.436. The molecule has 0 spiro atoms. The Kier molecular flexibility index (Phi) is 7.20. The van der Waals surface area contributed by atoms with Crippen LogP contribution in [0.25, 0.3) is 10.8 Å². The lowest BCUT2D eigenvalue weighted by Gasteiger charge is -2.13. The molecule has 0 saturated heterocycles. The van der Waals surface area contributed by atoms with Crippen LogP contribution in [0, 0.1) is 5.82 Å². The number of benzene rings is 2. The molecule has 0 fully saturated rings. The summed E-state index contributed by atoms with van der Waals surface area (Å²) in [4.78, 5) is 16.8. The Morgan fingerprint density at radius 3 is 2.73 bits per heavy atom. The number of fused-ring (bicyclic) bond motifs is 1. The van der Waals surface area contributed by atoms with E-state index >= 15 is 0 Å². The molecule has 8 heteroatoms. The van der Waals surface area contributed by atoms with E-state index in [2.05, 4.69) is 15.6 Å². The maximum absolute atomic E-state index is 13.5. The summed E-state index contributed by atoms with van der Waals surface area (Å²) in [5, 5.41) is 26.9. The lowest BCUT2D eigenvalue weighted by molar-refractivity contribution is 0.0942. The highest BCUT2D eigenvalue weighted by molar-refractivity contribution is 6.30. The van der Waals surface area contributed by atoms with Gasteiger partial charge in [0.15, 0.2) is 0 Å². The van der Waals surface area contributed by atoms with Crippen molar-refractivity contribution >= 4 is 34.1 Å². The number of halogens is 2. The van der Waals surface area contributed by atoms with E-state index in [1.165, 1.54) is 12.1 Å². The van der Waals surface area contributed by atoms with Gasteiger partial charge in [0.1, 0.15) is 11.6 Å². The van der Waals surface area contributed by atoms with Crippen molar-refractivity contribution in [2.24, 2.45) is 0 Å². The van der Waals surface area contributed by atoms with Crippen molar-refractivity contribution in [2.45, 2.75) is 25.5 Å². The Bertz CT molecular complexity index is 1050. The second-order valence-corrected chi connectivity index (χ2v) is 7.50. The second-order valence-electron chi connectivity index (χ2n) is 7.09. The smallest absolute Gasteiger partial charge is 0.251 e. The summed E-state index contributed by atoms with van der Waals surface area (Å²) in [6.45, 7) is 2.04. The van der Waals surface area contributed by atoms with Crippen LogP contribution in [0.1, 0.15) is 35.4 Å². The molecule has 6 nitrogen and oxygen atoms in total. The van der Waals surface area contributed by atoms with E-state index in [1.54, 1.807) is 24.4 Å². The molecule has 0 radical (unpaired) electrons. The van der Waals surface area contributed by atoms with Gasteiger partial charge in [0.05, 0.1) is 17.7 Å². The van der Waals surface area contributed by atoms with Crippen LogP contribution in [0.4, 0.5) is 10.2 Å². The zero-order valence-electron chi connectivity index (χ0n) is 16.4. The Hall–Kier alpha value is -2.74. The first kappa shape index (κ1) is 22.0. The van der Waals surface area contributed by atoms with Gasteiger partial charge in [-0.2, -0.15) is 0 Å². The SMILES string of the molecule is C[C@@H](CO)Nc1cc2cc(C(=O)NCC[C@@H](O)c3ccc(Cl)c(F)c3)ccc2cn1. The molecule has 3 rings (SSSR count). The van der Waals surface area contributed by atoms with E-state index in [9.17, 15) is 14.3 Å². The molecule has 1 heterocycles. The van der Waals surface area contributed by atoms with Crippen LogP contribution in [-0.4, -0.2) is 40.3 Å². The van der Waals surface area contributed by atoms with Crippen LogP contribution < -0.4 is 10.6 Å². The average Bonchev–Trinajstić information content (AvgIpc) is 2.74. The Balaban J connectivity index is 1.62. The molecule has 2 aromatic carbocycles. The fourth-order valence-corrected chi connectivity index (χ4v) is 3.09. The number of nitrogens with zero attached hydrogens (tertiary/aromatic N) is 1. The van der Waals surface area contributed by atoms with Crippen LogP contribution in [0.5, 0.6) is 0 Å². The zero-order chi connectivity index (χ0) is 21.7. The number of rotatable bonds is 8. The fraction of sp³-hybridized carbons (Fsp3) is 0.273. The highest BCUT2D eigenvalue weighted by Crippen LogP contribution is 2.22. The minimum Gasteiger partial charge on any atom is -0.394 e. The number of nitrogens with one attached hydrogen (secondary N) is 2. The maximum Gasteiger partial charge on any atom is 0.251 e. The van der Waals surface area contributed by atoms with Crippen molar-refractivity contribution in [2.75, 3.05) is 18.5 Å². The van der Waals surface area contributed by atoms with Crippen molar-refractivity contribution in [1.82, 2.24) is 10.3 Å². The molecule has 158 valence electrons. The van der Waals surface area contributed by atoms with Gasteiger partial charge in [-0.1, -0.05) is 23.7 Å². The molecule has 0 aliphatic heterocycles. The van der Waals surface area contributed by atoms with Gasteiger partial charge in [-0.25, -0.2) is 9.37 Å². The van der Waals surface area contributed by atoms with Gasteiger partial charge in [0.25, 0.3) is 5.91 Å². The second kappa shape index (κ2) is 9.84. The Morgan fingerprint density at radius 2 is 2.00 bits per heavy atom. The number of aromatic nitrogens is 1. The monoisotopic (exact) mass is 431 g/mol. The molecule has 30 heavy (non-hydrogen) atoms. The number of carbonyl (C=O) groups is 1. The van der Waals surface area contributed by atoms with E-state index < -0.39 is 11.9 Å². The molecule has 0 aliphatic rings. The maximum atomic E-state index is 13.5. The molecule has 0 aliphatic carbocycles. The molecule has 3 aromatic rings. The van der Waals surface area contributed by atoms with Gasteiger partial charge in [-0.05, 0) is 54.6 Å². The van der Waals surface area contributed by atoms with E-state index in [0.29, 0.717) is 16.9 Å². The molecular weight excluding hydrogens is 409 g/mol. The predicted octanol–water partition coefficient (Wildman–Crippen LogP) is 3.67. The molecule has 2 atom stereocenters. The highest BCUT2D eigenvalue weighted by atomic mass is 35.5.